The Balaban J connectivity index is 2.46. The topological polar surface area (TPSA) is 53.1 Å². The highest BCUT2D eigenvalue weighted by Crippen LogP contribution is 2.31. The monoisotopic (exact) mass is 311 g/mol. The molecule has 0 bridgehead atoms. The number of benzene rings is 1. The van der Waals surface area contributed by atoms with Gasteiger partial charge in [-0.3, -0.25) is 0 Å². The summed E-state index contributed by atoms with van der Waals surface area (Å²) in [6.45, 7) is -3.29. The highest BCUT2D eigenvalue weighted by Gasteiger charge is 2.33. The second-order valence-electron chi connectivity index (χ2n) is 3.86. The van der Waals surface area contributed by atoms with Crippen molar-refractivity contribution in [2.24, 2.45) is 0 Å². The fraction of sp³-hybridized carbons (Fsp3) is 0.182. The zero-order valence-electron chi connectivity index (χ0n) is 10.0. The SMILES string of the molecule is Nc1cc(F)c(OC(F)F)cc1-n1ccc(C(F)(F)F)n1. The Labute approximate surface area is 113 Å². The maximum absolute atomic E-state index is 13.4. The van der Waals surface area contributed by atoms with Gasteiger partial charge in [0.25, 0.3) is 0 Å². The smallest absolute Gasteiger partial charge is 0.432 e. The van der Waals surface area contributed by atoms with Gasteiger partial charge in [0, 0.05) is 18.3 Å². The number of anilines is 1. The Kier molecular flexibility index (Phi) is 3.71. The fourth-order valence-corrected chi connectivity index (χ4v) is 1.55. The van der Waals surface area contributed by atoms with E-state index in [1.54, 1.807) is 0 Å². The molecule has 0 aliphatic heterocycles. The molecule has 1 heterocycles. The molecule has 0 atom stereocenters. The van der Waals surface area contributed by atoms with Crippen molar-refractivity contribution in [1.82, 2.24) is 9.78 Å². The minimum absolute atomic E-state index is 0.220. The maximum atomic E-state index is 13.4. The molecule has 2 rings (SSSR count). The summed E-state index contributed by atoms with van der Waals surface area (Å²) in [5.74, 6) is -2.02. The van der Waals surface area contributed by atoms with Gasteiger partial charge in [0.1, 0.15) is 0 Å². The molecule has 1 aromatic carbocycles. The molecule has 2 N–H and O–H groups in total. The third-order valence-electron chi connectivity index (χ3n) is 2.42. The largest absolute Gasteiger partial charge is 0.435 e. The number of hydrogen-bond donors (Lipinski definition) is 1. The van der Waals surface area contributed by atoms with Gasteiger partial charge in [0.15, 0.2) is 17.3 Å². The standard InChI is InChI=1S/C11H7F6N3O/c12-5-3-6(18)7(4-8(5)21-10(13)14)20-2-1-9(19-20)11(15,16)17/h1-4,10H,18H2. The summed E-state index contributed by atoms with van der Waals surface area (Å²) < 4.78 is 79.5. The van der Waals surface area contributed by atoms with E-state index in [9.17, 15) is 26.3 Å². The second kappa shape index (κ2) is 5.19. The van der Waals surface area contributed by atoms with Crippen LogP contribution in [-0.4, -0.2) is 16.4 Å². The lowest BCUT2D eigenvalue weighted by atomic mass is 10.2. The predicted octanol–water partition coefficient (Wildman–Crippen LogP) is 3.21. The highest BCUT2D eigenvalue weighted by atomic mass is 19.4. The summed E-state index contributed by atoms with van der Waals surface area (Å²) >= 11 is 0. The molecule has 2 aromatic rings. The van der Waals surface area contributed by atoms with Crippen molar-refractivity contribution < 1.29 is 31.1 Å². The van der Waals surface area contributed by atoms with E-state index in [-0.39, 0.29) is 11.4 Å². The van der Waals surface area contributed by atoms with E-state index in [0.717, 1.165) is 12.3 Å². The molecular weight excluding hydrogens is 304 g/mol. The van der Waals surface area contributed by atoms with Crippen LogP contribution in [0.25, 0.3) is 5.69 Å². The minimum Gasteiger partial charge on any atom is -0.432 e. The van der Waals surface area contributed by atoms with Crippen LogP contribution in [0.2, 0.25) is 0 Å². The highest BCUT2D eigenvalue weighted by molar-refractivity contribution is 5.60. The molecule has 0 amide bonds. The minimum atomic E-state index is -4.68. The van der Waals surface area contributed by atoms with Gasteiger partial charge in [-0.05, 0) is 6.07 Å². The van der Waals surface area contributed by atoms with E-state index in [1.807, 2.05) is 0 Å². The Morgan fingerprint density at radius 2 is 1.90 bits per heavy atom. The van der Waals surface area contributed by atoms with Gasteiger partial charge in [-0.15, -0.1) is 0 Å². The molecule has 0 radical (unpaired) electrons. The van der Waals surface area contributed by atoms with Crippen LogP contribution in [0.3, 0.4) is 0 Å². The fourth-order valence-electron chi connectivity index (χ4n) is 1.55. The molecule has 1 aromatic heterocycles. The van der Waals surface area contributed by atoms with E-state index < -0.39 is 30.0 Å². The molecule has 0 saturated carbocycles. The third kappa shape index (κ3) is 3.20. The molecule has 21 heavy (non-hydrogen) atoms. The maximum Gasteiger partial charge on any atom is 0.435 e. The van der Waals surface area contributed by atoms with Gasteiger partial charge >= 0.3 is 12.8 Å². The second-order valence-corrected chi connectivity index (χ2v) is 3.86. The summed E-state index contributed by atoms with van der Waals surface area (Å²) in [4.78, 5) is 0. The molecule has 0 fully saturated rings. The summed E-state index contributed by atoms with van der Waals surface area (Å²) in [5.41, 5.74) is 3.73. The van der Waals surface area contributed by atoms with Crippen molar-refractivity contribution in [3.63, 3.8) is 0 Å². The lowest BCUT2D eigenvalue weighted by molar-refractivity contribution is -0.141. The summed E-state index contributed by atoms with van der Waals surface area (Å²) in [6, 6.07) is 2.06. The van der Waals surface area contributed by atoms with Gasteiger partial charge in [-0.25, -0.2) is 9.07 Å². The third-order valence-corrected chi connectivity index (χ3v) is 2.42. The normalized spacial score (nSPS) is 12.0. The number of aromatic nitrogens is 2. The number of hydrogen-bond acceptors (Lipinski definition) is 3. The van der Waals surface area contributed by atoms with Crippen molar-refractivity contribution in [3.05, 3.63) is 35.9 Å². The van der Waals surface area contributed by atoms with E-state index in [2.05, 4.69) is 9.84 Å². The Morgan fingerprint density at radius 1 is 1.24 bits per heavy atom. The zero-order valence-corrected chi connectivity index (χ0v) is 10.0. The molecule has 0 spiro atoms. The first kappa shape index (κ1) is 15.0. The van der Waals surface area contributed by atoms with Crippen molar-refractivity contribution in [2.75, 3.05) is 5.73 Å². The van der Waals surface area contributed by atoms with Crippen LogP contribution >= 0.6 is 0 Å². The average molecular weight is 311 g/mol. The lowest BCUT2D eigenvalue weighted by Gasteiger charge is -2.11. The number of alkyl halides is 5. The first-order chi connectivity index (χ1) is 9.68. The molecule has 0 saturated heterocycles. The average Bonchev–Trinajstić information content (AvgIpc) is 2.81. The number of halogens is 6. The predicted molar refractivity (Wildman–Crippen MR) is 59.6 cm³/mol. The van der Waals surface area contributed by atoms with Crippen LogP contribution in [0.4, 0.5) is 32.0 Å². The van der Waals surface area contributed by atoms with Crippen LogP contribution < -0.4 is 10.5 Å². The molecule has 0 aliphatic rings. The number of nitrogen functional groups attached to an aromatic ring is 1. The van der Waals surface area contributed by atoms with E-state index >= 15 is 0 Å². The Morgan fingerprint density at radius 3 is 2.43 bits per heavy atom. The van der Waals surface area contributed by atoms with Crippen LogP contribution in [0.1, 0.15) is 5.69 Å². The van der Waals surface area contributed by atoms with E-state index in [0.29, 0.717) is 16.8 Å². The number of ether oxygens (including phenoxy) is 1. The summed E-state index contributed by atoms with van der Waals surface area (Å²) in [5, 5.41) is 3.21. The van der Waals surface area contributed by atoms with E-state index in [4.69, 9.17) is 5.73 Å². The first-order valence-corrected chi connectivity index (χ1v) is 5.35. The van der Waals surface area contributed by atoms with E-state index in [1.165, 1.54) is 0 Å². The van der Waals surface area contributed by atoms with Crippen LogP contribution in [-0.2, 0) is 6.18 Å². The number of nitrogens with zero attached hydrogens (tertiary/aromatic N) is 2. The van der Waals surface area contributed by atoms with Crippen LogP contribution in [0.15, 0.2) is 24.4 Å². The molecule has 114 valence electrons. The van der Waals surface area contributed by atoms with Crippen molar-refractivity contribution in [2.45, 2.75) is 12.8 Å². The number of rotatable bonds is 3. The molecule has 0 unspecified atom stereocenters. The summed E-state index contributed by atoms with van der Waals surface area (Å²) in [7, 11) is 0. The molecule has 0 aliphatic carbocycles. The van der Waals surface area contributed by atoms with Crippen molar-refractivity contribution in [1.29, 1.82) is 0 Å². The van der Waals surface area contributed by atoms with Crippen molar-refractivity contribution >= 4 is 5.69 Å². The van der Waals surface area contributed by atoms with Crippen LogP contribution in [0.5, 0.6) is 5.75 Å². The number of nitrogens with two attached hydrogens (primary N) is 1. The lowest BCUT2D eigenvalue weighted by Crippen LogP contribution is -2.09. The quantitative estimate of drug-likeness (QED) is 0.699. The zero-order chi connectivity index (χ0) is 15.8. The first-order valence-electron chi connectivity index (χ1n) is 5.35. The Bertz CT molecular complexity index is 652. The Hall–Kier alpha value is -2.39. The summed E-state index contributed by atoms with van der Waals surface area (Å²) in [6.07, 6.45) is -3.76. The molecular formula is C11H7F6N3O. The van der Waals surface area contributed by atoms with Gasteiger partial charge in [-0.2, -0.15) is 27.1 Å². The van der Waals surface area contributed by atoms with Gasteiger partial charge in [0.05, 0.1) is 11.4 Å². The van der Waals surface area contributed by atoms with Gasteiger partial charge in [0.2, 0.25) is 0 Å². The van der Waals surface area contributed by atoms with Gasteiger partial charge < -0.3 is 10.5 Å². The van der Waals surface area contributed by atoms with Crippen LogP contribution in [0, 0.1) is 5.82 Å². The van der Waals surface area contributed by atoms with Crippen molar-refractivity contribution in [3.8, 4) is 11.4 Å². The molecule has 10 heteroatoms. The van der Waals surface area contributed by atoms with Gasteiger partial charge in [-0.1, -0.05) is 0 Å². The molecule has 4 nitrogen and oxygen atoms in total.